The highest BCUT2D eigenvalue weighted by Crippen LogP contribution is 2.41. The van der Waals surface area contributed by atoms with Gasteiger partial charge in [0.2, 0.25) is 0 Å². The maximum atomic E-state index is 13.7. The molecule has 0 aliphatic carbocycles. The summed E-state index contributed by atoms with van der Waals surface area (Å²) in [5.74, 6) is 1.61. The lowest BCUT2D eigenvalue weighted by Gasteiger charge is -2.45. The molecule has 2 aromatic rings. The van der Waals surface area contributed by atoms with Crippen LogP contribution in [0.4, 0.5) is 0 Å². The molecule has 0 aliphatic heterocycles. The van der Waals surface area contributed by atoms with Crippen LogP contribution in [-0.4, -0.2) is 61.4 Å². The molecule has 9 heteroatoms. The lowest BCUT2D eigenvalue weighted by molar-refractivity contribution is -0.201. The number of methoxy groups -OCH3 is 1. The van der Waals surface area contributed by atoms with Crippen LogP contribution in [0, 0.1) is 12.8 Å². The maximum absolute atomic E-state index is 13.7. The largest absolute Gasteiger partial charge is 0.497 e. The first-order chi connectivity index (χ1) is 21.0. The van der Waals surface area contributed by atoms with E-state index in [0.717, 1.165) is 41.0 Å². The highest BCUT2D eigenvalue weighted by atomic mass is 79.9. The van der Waals surface area contributed by atoms with Crippen LogP contribution in [-0.2, 0) is 36.0 Å². The zero-order chi connectivity index (χ0) is 33.8. The summed E-state index contributed by atoms with van der Waals surface area (Å²) in [6.07, 6.45) is 2.02. The molecule has 0 N–H and O–H groups in total. The van der Waals surface area contributed by atoms with Crippen LogP contribution in [0.15, 0.2) is 53.4 Å². The fourth-order valence-corrected chi connectivity index (χ4v) is 8.68. The first kappa shape index (κ1) is 40.1. The van der Waals surface area contributed by atoms with Gasteiger partial charge in [0.25, 0.3) is 0 Å². The third-order valence-electron chi connectivity index (χ3n) is 8.80. The molecule has 6 nitrogen and oxygen atoms in total. The molecule has 2 unspecified atom stereocenters. The van der Waals surface area contributed by atoms with E-state index in [2.05, 4.69) is 63.6 Å². The zero-order valence-electron chi connectivity index (χ0n) is 29.6. The molecule has 0 aromatic heterocycles. The standard InChI is InChI=1S/C36H59BrO6SSi/c1-12-41-29(4)42-36(8,23-13-14-28(3)24-40-25-30-17-19-31(39-9)20-18-30)34(37)33(43-45(10,11)35(5,6)7)26-44(38)32-21-15-27(2)16-22-32/h15-22,28-29,33-34H,12-14,23-26H2,1-11H3/t28?,29?,33-,34+,36+,44+/m1/s1. The third-order valence-corrected chi connectivity index (χ3v) is 16.3. The first-order valence-corrected chi connectivity index (χ1v) is 21.4. The van der Waals surface area contributed by atoms with Crippen molar-refractivity contribution in [3.05, 3.63) is 59.7 Å². The second kappa shape index (κ2) is 18.5. The molecule has 256 valence electrons. The lowest BCUT2D eigenvalue weighted by Crippen LogP contribution is -2.54. The minimum atomic E-state index is -2.21. The molecular weight excluding hydrogens is 668 g/mol. The normalized spacial score (nSPS) is 17.2. The summed E-state index contributed by atoms with van der Waals surface area (Å²) in [5.41, 5.74) is 1.66. The van der Waals surface area contributed by atoms with Crippen LogP contribution in [0.1, 0.15) is 78.9 Å². The Kier molecular flexibility index (Phi) is 16.5. The van der Waals surface area contributed by atoms with E-state index in [1.165, 1.54) is 0 Å². The molecule has 2 rings (SSSR count). The Morgan fingerprint density at radius 2 is 1.60 bits per heavy atom. The van der Waals surface area contributed by atoms with Gasteiger partial charge in [-0.3, -0.25) is 4.21 Å². The topological polar surface area (TPSA) is 63.2 Å². The highest BCUT2D eigenvalue weighted by Gasteiger charge is 2.46. The van der Waals surface area contributed by atoms with Crippen LogP contribution >= 0.6 is 15.9 Å². The molecule has 0 bridgehead atoms. The zero-order valence-corrected chi connectivity index (χ0v) is 33.0. The number of hydrogen-bond donors (Lipinski definition) is 0. The monoisotopic (exact) mass is 726 g/mol. The maximum Gasteiger partial charge on any atom is 0.192 e. The van der Waals surface area contributed by atoms with Crippen molar-refractivity contribution >= 4 is 35.0 Å². The Balaban J connectivity index is 2.19. The molecule has 0 fully saturated rings. The van der Waals surface area contributed by atoms with Gasteiger partial charge in [-0.2, -0.15) is 0 Å². The molecule has 0 heterocycles. The van der Waals surface area contributed by atoms with Crippen molar-refractivity contribution in [2.45, 2.75) is 127 Å². The summed E-state index contributed by atoms with van der Waals surface area (Å²) in [6.45, 7) is 23.4. The fourth-order valence-electron chi connectivity index (χ4n) is 4.96. The van der Waals surface area contributed by atoms with E-state index < -0.39 is 24.7 Å². The van der Waals surface area contributed by atoms with Crippen LogP contribution in [0.5, 0.6) is 5.75 Å². The molecule has 6 atom stereocenters. The van der Waals surface area contributed by atoms with Gasteiger partial charge in [0.05, 0.1) is 46.8 Å². The molecular formula is C36H59BrO6SSi. The van der Waals surface area contributed by atoms with Gasteiger partial charge in [0.15, 0.2) is 14.6 Å². The van der Waals surface area contributed by atoms with Crippen molar-refractivity contribution in [3.8, 4) is 5.75 Å². The summed E-state index contributed by atoms with van der Waals surface area (Å²) in [7, 11) is -1.77. The first-order valence-electron chi connectivity index (χ1n) is 16.3. The van der Waals surface area contributed by atoms with Gasteiger partial charge in [0, 0.05) is 18.1 Å². The number of alkyl halides is 1. The van der Waals surface area contributed by atoms with Gasteiger partial charge in [-0.25, -0.2) is 0 Å². The van der Waals surface area contributed by atoms with Crippen molar-refractivity contribution in [1.82, 2.24) is 0 Å². The Morgan fingerprint density at radius 1 is 0.978 bits per heavy atom. The Hall–Kier alpha value is -1.07. The van der Waals surface area contributed by atoms with E-state index in [9.17, 15) is 4.21 Å². The Morgan fingerprint density at radius 3 is 2.16 bits per heavy atom. The van der Waals surface area contributed by atoms with Crippen molar-refractivity contribution < 1.29 is 27.6 Å². The quantitative estimate of drug-likeness (QED) is 0.0770. The van der Waals surface area contributed by atoms with Crippen molar-refractivity contribution in [2.24, 2.45) is 5.92 Å². The van der Waals surface area contributed by atoms with Gasteiger partial charge in [-0.05, 0) is 94.4 Å². The molecule has 0 radical (unpaired) electrons. The molecule has 0 aliphatic rings. The average molecular weight is 728 g/mol. The summed E-state index contributed by atoms with van der Waals surface area (Å²) in [4.78, 5) is 0.607. The van der Waals surface area contributed by atoms with Gasteiger partial charge in [-0.15, -0.1) is 0 Å². The van der Waals surface area contributed by atoms with Crippen LogP contribution in [0.3, 0.4) is 0 Å². The average Bonchev–Trinajstić information content (AvgIpc) is 2.96. The number of hydrogen-bond acceptors (Lipinski definition) is 6. The SMILES string of the molecule is CCOC(C)O[C@@](C)(CCCC(C)COCc1ccc(OC)cc1)[C@@H](Br)[C@@H](C[S@](=O)c1ccc(C)cc1)O[Si](C)(C)C(C)(C)C. The predicted molar refractivity (Wildman–Crippen MR) is 193 cm³/mol. The van der Waals surface area contributed by atoms with Crippen molar-refractivity contribution in [1.29, 1.82) is 0 Å². The fraction of sp³-hybridized carbons (Fsp3) is 0.667. The number of ether oxygens (including phenoxy) is 4. The second-order valence-corrected chi connectivity index (χ2v) is 21.2. The molecule has 0 amide bonds. The Bertz CT molecular complexity index is 1150. The summed E-state index contributed by atoms with van der Waals surface area (Å²) < 4.78 is 44.6. The molecule has 0 spiro atoms. The molecule has 0 saturated carbocycles. The van der Waals surface area contributed by atoms with E-state index >= 15 is 0 Å². The van der Waals surface area contributed by atoms with E-state index in [1.54, 1.807) is 7.11 Å². The van der Waals surface area contributed by atoms with E-state index in [1.807, 2.05) is 69.3 Å². The number of aryl methyl sites for hydroxylation is 1. The van der Waals surface area contributed by atoms with Gasteiger partial charge < -0.3 is 23.4 Å². The predicted octanol–water partition coefficient (Wildman–Crippen LogP) is 9.45. The van der Waals surface area contributed by atoms with Crippen LogP contribution in [0.25, 0.3) is 0 Å². The van der Waals surface area contributed by atoms with Gasteiger partial charge in [0.1, 0.15) is 5.75 Å². The van der Waals surface area contributed by atoms with E-state index in [0.29, 0.717) is 31.5 Å². The number of rotatable bonds is 20. The van der Waals surface area contributed by atoms with Crippen molar-refractivity contribution in [3.63, 3.8) is 0 Å². The minimum absolute atomic E-state index is 0.000440. The van der Waals surface area contributed by atoms with E-state index in [-0.39, 0.29) is 22.3 Å². The van der Waals surface area contributed by atoms with Crippen LogP contribution in [0.2, 0.25) is 18.1 Å². The van der Waals surface area contributed by atoms with Gasteiger partial charge >= 0.3 is 0 Å². The Labute approximate surface area is 286 Å². The van der Waals surface area contributed by atoms with Gasteiger partial charge in [-0.1, -0.05) is 79.9 Å². The second-order valence-electron chi connectivity index (χ2n) is 14.0. The summed E-state index contributed by atoms with van der Waals surface area (Å²) >= 11 is 4.07. The highest BCUT2D eigenvalue weighted by molar-refractivity contribution is 9.09. The summed E-state index contributed by atoms with van der Waals surface area (Å²) in [5, 5.41) is 0.000440. The molecule has 2 aromatic carbocycles. The smallest absolute Gasteiger partial charge is 0.192 e. The van der Waals surface area contributed by atoms with Crippen LogP contribution < -0.4 is 4.74 Å². The molecule has 0 saturated heterocycles. The number of benzene rings is 2. The van der Waals surface area contributed by atoms with E-state index in [4.69, 9.17) is 23.4 Å². The van der Waals surface area contributed by atoms with Crippen molar-refractivity contribution in [2.75, 3.05) is 26.1 Å². The summed E-state index contributed by atoms with van der Waals surface area (Å²) in [6, 6.07) is 15.9. The third kappa shape index (κ3) is 13.2. The molecule has 45 heavy (non-hydrogen) atoms. The lowest BCUT2D eigenvalue weighted by atomic mass is 9.90. The minimum Gasteiger partial charge on any atom is -0.497 e. The number of halogens is 1.